The molecule has 3 rings (SSSR count). The van der Waals surface area contributed by atoms with E-state index in [2.05, 4.69) is 21.0 Å². The van der Waals surface area contributed by atoms with Gasteiger partial charge in [0, 0.05) is 11.8 Å². The van der Waals surface area contributed by atoms with E-state index >= 15 is 0 Å². The molecule has 28 heavy (non-hydrogen) atoms. The molecule has 10 nitrogen and oxygen atoms in total. The molecule has 1 atom stereocenters. The molecule has 1 aliphatic heterocycles. The Balaban J connectivity index is 1.74. The Hall–Kier alpha value is -3.69. The van der Waals surface area contributed by atoms with Crippen LogP contribution in [0.2, 0.25) is 0 Å². The average Bonchev–Trinajstić information content (AvgIpc) is 3.20. The molecular formula is C18H19N5O5. The summed E-state index contributed by atoms with van der Waals surface area (Å²) in [5.74, 6) is -1.95. The summed E-state index contributed by atoms with van der Waals surface area (Å²) >= 11 is 0. The maximum Gasteiger partial charge on any atom is 0.331 e. The van der Waals surface area contributed by atoms with E-state index < -0.39 is 34.9 Å². The molecule has 0 spiro atoms. The molecule has 1 aromatic heterocycles. The van der Waals surface area contributed by atoms with E-state index in [-0.39, 0.29) is 0 Å². The van der Waals surface area contributed by atoms with E-state index in [1.807, 2.05) is 0 Å². The summed E-state index contributed by atoms with van der Waals surface area (Å²) in [6.45, 7) is 4.55. The highest BCUT2D eigenvalue weighted by Crippen LogP contribution is 2.25. The van der Waals surface area contributed by atoms with E-state index in [1.54, 1.807) is 19.1 Å². The van der Waals surface area contributed by atoms with E-state index in [0.717, 1.165) is 0 Å². The molecule has 0 bridgehead atoms. The molecule has 2 heterocycles. The van der Waals surface area contributed by atoms with Gasteiger partial charge in [0.05, 0.1) is 11.9 Å². The average molecular weight is 385 g/mol. The number of anilines is 1. The Bertz CT molecular complexity index is 979. The van der Waals surface area contributed by atoms with E-state index in [4.69, 9.17) is 0 Å². The number of aliphatic carboxylic acids is 1. The Morgan fingerprint density at radius 2 is 1.86 bits per heavy atom. The summed E-state index contributed by atoms with van der Waals surface area (Å²) in [6, 6.07) is 5.64. The highest BCUT2D eigenvalue weighted by molar-refractivity contribution is 6.07. The topological polar surface area (TPSA) is 142 Å². The van der Waals surface area contributed by atoms with Gasteiger partial charge in [0.15, 0.2) is 5.54 Å². The fourth-order valence-corrected chi connectivity index (χ4v) is 2.70. The van der Waals surface area contributed by atoms with Gasteiger partial charge in [0.25, 0.3) is 11.8 Å². The van der Waals surface area contributed by atoms with Crippen molar-refractivity contribution in [1.29, 1.82) is 0 Å². The predicted molar refractivity (Wildman–Crippen MR) is 97.6 cm³/mol. The first-order valence-corrected chi connectivity index (χ1v) is 8.38. The second-order valence-corrected chi connectivity index (χ2v) is 7.10. The Kier molecular flexibility index (Phi) is 4.42. The molecule has 1 saturated heterocycles. The molecule has 1 aromatic carbocycles. The smallest absolute Gasteiger partial charge is 0.331 e. The number of aromatic nitrogens is 2. The second kappa shape index (κ2) is 6.48. The molecule has 0 aliphatic carbocycles. The molecule has 0 radical (unpaired) electrons. The summed E-state index contributed by atoms with van der Waals surface area (Å²) in [5.41, 5.74) is -1.26. The normalized spacial score (nSPS) is 19.1. The molecule has 146 valence electrons. The number of imide groups is 1. The third-order valence-corrected chi connectivity index (χ3v) is 4.71. The number of hydrogen-bond donors (Lipinski definition) is 4. The molecular weight excluding hydrogens is 366 g/mol. The SMILES string of the molecule is CC1(c2ccc(C(=O)Nc3cnn(C(C)(C)C(=O)O)c3)cc2)NC(=O)NC1=O. The number of urea groups is 1. The highest BCUT2D eigenvalue weighted by atomic mass is 16.4. The third kappa shape index (κ3) is 3.20. The van der Waals surface area contributed by atoms with Gasteiger partial charge in [-0.1, -0.05) is 12.1 Å². The molecule has 1 unspecified atom stereocenters. The lowest BCUT2D eigenvalue weighted by Crippen LogP contribution is -2.40. The number of nitrogens with one attached hydrogen (secondary N) is 3. The van der Waals surface area contributed by atoms with Gasteiger partial charge in [-0.05, 0) is 38.5 Å². The van der Waals surface area contributed by atoms with Gasteiger partial charge in [-0.2, -0.15) is 5.10 Å². The molecule has 1 aliphatic rings. The second-order valence-electron chi connectivity index (χ2n) is 7.10. The van der Waals surface area contributed by atoms with Crippen LogP contribution in [0, 0.1) is 0 Å². The first kappa shape index (κ1) is 19.1. The minimum atomic E-state index is -1.26. The highest BCUT2D eigenvalue weighted by Gasteiger charge is 2.43. The predicted octanol–water partition coefficient (Wildman–Crippen LogP) is 1.01. The summed E-state index contributed by atoms with van der Waals surface area (Å²) < 4.78 is 1.25. The molecule has 0 saturated carbocycles. The van der Waals surface area contributed by atoms with Crippen molar-refractivity contribution < 1.29 is 24.3 Å². The van der Waals surface area contributed by atoms with Gasteiger partial charge >= 0.3 is 12.0 Å². The standard InChI is InChI=1S/C18H19N5O5/c1-17(2,15(26)27)23-9-12(8-19-23)20-13(24)10-4-6-11(7-5-10)18(3)14(25)21-16(28)22-18/h4-9H,1-3H3,(H,20,24)(H,26,27)(H2,21,22,25,28). The zero-order chi connectivity index (χ0) is 20.7. The van der Waals surface area contributed by atoms with Crippen LogP contribution in [0.4, 0.5) is 10.5 Å². The van der Waals surface area contributed by atoms with Crippen LogP contribution in [0.1, 0.15) is 36.7 Å². The van der Waals surface area contributed by atoms with E-state index in [0.29, 0.717) is 16.8 Å². The maximum absolute atomic E-state index is 12.4. The van der Waals surface area contributed by atoms with Crippen LogP contribution in [0.5, 0.6) is 0 Å². The Morgan fingerprint density at radius 1 is 1.21 bits per heavy atom. The van der Waals surface area contributed by atoms with Crippen LogP contribution in [-0.2, 0) is 20.7 Å². The van der Waals surface area contributed by atoms with Crippen molar-refractivity contribution in [2.24, 2.45) is 0 Å². The van der Waals surface area contributed by atoms with Gasteiger partial charge in [-0.3, -0.25) is 19.6 Å². The number of carbonyl (C=O) groups is 4. The van der Waals surface area contributed by atoms with Gasteiger partial charge in [-0.15, -0.1) is 0 Å². The van der Waals surface area contributed by atoms with Gasteiger partial charge in [0.2, 0.25) is 0 Å². The fourth-order valence-electron chi connectivity index (χ4n) is 2.70. The number of hydrogen-bond acceptors (Lipinski definition) is 5. The molecule has 10 heteroatoms. The summed E-state index contributed by atoms with van der Waals surface area (Å²) in [7, 11) is 0. The van der Waals surface area contributed by atoms with Crippen molar-refractivity contribution in [2.45, 2.75) is 31.8 Å². The van der Waals surface area contributed by atoms with Crippen LogP contribution in [0.15, 0.2) is 36.7 Å². The van der Waals surface area contributed by atoms with Gasteiger partial charge < -0.3 is 15.7 Å². The van der Waals surface area contributed by atoms with Crippen molar-refractivity contribution in [3.05, 3.63) is 47.8 Å². The summed E-state index contributed by atoms with van der Waals surface area (Å²) in [5, 5.41) is 20.6. The lowest BCUT2D eigenvalue weighted by Gasteiger charge is -2.21. The lowest BCUT2D eigenvalue weighted by molar-refractivity contribution is -0.146. The zero-order valence-corrected chi connectivity index (χ0v) is 15.4. The number of rotatable bonds is 5. The molecule has 4 amide bonds. The van der Waals surface area contributed by atoms with Crippen LogP contribution in [0.25, 0.3) is 0 Å². The van der Waals surface area contributed by atoms with Crippen molar-refractivity contribution >= 4 is 29.5 Å². The zero-order valence-electron chi connectivity index (χ0n) is 15.4. The van der Waals surface area contributed by atoms with E-state index in [1.165, 1.54) is 43.1 Å². The number of amides is 4. The van der Waals surface area contributed by atoms with Gasteiger partial charge in [-0.25, -0.2) is 9.59 Å². The molecule has 1 fully saturated rings. The van der Waals surface area contributed by atoms with Crippen molar-refractivity contribution in [3.63, 3.8) is 0 Å². The van der Waals surface area contributed by atoms with E-state index in [9.17, 15) is 24.3 Å². The summed E-state index contributed by atoms with van der Waals surface area (Å²) in [6.07, 6.45) is 2.79. The minimum absolute atomic E-state index is 0.322. The number of carbonyl (C=O) groups excluding carboxylic acids is 3. The lowest BCUT2D eigenvalue weighted by atomic mass is 9.91. The summed E-state index contributed by atoms with van der Waals surface area (Å²) in [4.78, 5) is 47.1. The van der Waals surface area contributed by atoms with Crippen molar-refractivity contribution in [1.82, 2.24) is 20.4 Å². The first-order chi connectivity index (χ1) is 13.0. The monoisotopic (exact) mass is 385 g/mol. The first-order valence-electron chi connectivity index (χ1n) is 8.38. The molecule has 2 aromatic rings. The number of carboxylic acids is 1. The van der Waals surface area contributed by atoms with Crippen molar-refractivity contribution in [2.75, 3.05) is 5.32 Å². The third-order valence-electron chi connectivity index (χ3n) is 4.71. The van der Waals surface area contributed by atoms with Crippen LogP contribution in [-0.4, -0.2) is 38.7 Å². The fraction of sp³-hybridized carbons (Fsp3) is 0.278. The number of carboxylic acid groups (broad SMARTS) is 1. The number of nitrogens with zero attached hydrogens (tertiary/aromatic N) is 2. The van der Waals surface area contributed by atoms with Gasteiger partial charge in [0.1, 0.15) is 5.54 Å². The minimum Gasteiger partial charge on any atom is -0.479 e. The van der Waals surface area contributed by atoms with Crippen LogP contribution < -0.4 is 16.0 Å². The van der Waals surface area contributed by atoms with Crippen molar-refractivity contribution in [3.8, 4) is 0 Å². The largest absolute Gasteiger partial charge is 0.479 e. The maximum atomic E-state index is 12.4. The Morgan fingerprint density at radius 3 is 2.39 bits per heavy atom. The Labute approximate surface area is 159 Å². The molecule has 4 N–H and O–H groups in total. The number of benzene rings is 1. The van der Waals surface area contributed by atoms with Crippen LogP contribution in [0.3, 0.4) is 0 Å². The quantitative estimate of drug-likeness (QED) is 0.566. The van der Waals surface area contributed by atoms with Crippen LogP contribution >= 0.6 is 0 Å².